The Morgan fingerprint density at radius 2 is 1.90 bits per heavy atom. The number of aromatic nitrogens is 4. The Morgan fingerprint density at radius 3 is 2.71 bits per heavy atom. The highest BCUT2D eigenvalue weighted by Crippen LogP contribution is 2.44. The molecular formula is C23H24N6O2. The predicted molar refractivity (Wildman–Crippen MR) is 117 cm³/mol. The molecule has 1 unspecified atom stereocenters. The third kappa shape index (κ3) is 3.06. The summed E-state index contributed by atoms with van der Waals surface area (Å²) in [7, 11) is 1.71. The molecule has 1 atom stereocenters. The molecule has 158 valence electrons. The molecule has 1 aliphatic carbocycles. The van der Waals surface area contributed by atoms with Crippen LogP contribution in [0, 0.1) is 0 Å². The van der Waals surface area contributed by atoms with Gasteiger partial charge in [-0.05, 0) is 70.3 Å². The van der Waals surface area contributed by atoms with E-state index in [-0.39, 0.29) is 6.04 Å². The van der Waals surface area contributed by atoms with Crippen molar-refractivity contribution in [2.45, 2.75) is 18.9 Å². The highest BCUT2D eigenvalue weighted by Gasteiger charge is 2.34. The second kappa shape index (κ2) is 7.39. The van der Waals surface area contributed by atoms with Crippen molar-refractivity contribution in [1.82, 2.24) is 20.2 Å². The predicted octanol–water partition coefficient (Wildman–Crippen LogP) is 2.89. The molecule has 1 aromatic heterocycles. The van der Waals surface area contributed by atoms with E-state index in [4.69, 9.17) is 9.47 Å². The summed E-state index contributed by atoms with van der Waals surface area (Å²) in [6.07, 6.45) is 1.91. The van der Waals surface area contributed by atoms with Gasteiger partial charge in [-0.25, -0.2) is 0 Å². The summed E-state index contributed by atoms with van der Waals surface area (Å²) in [6, 6.07) is 15.1. The molecule has 8 nitrogen and oxygen atoms in total. The molecule has 0 amide bonds. The van der Waals surface area contributed by atoms with Gasteiger partial charge in [0.1, 0.15) is 11.8 Å². The number of rotatable bonds is 3. The molecule has 0 saturated carbocycles. The molecule has 0 bridgehead atoms. The van der Waals surface area contributed by atoms with E-state index in [1.54, 1.807) is 7.11 Å². The number of anilines is 2. The van der Waals surface area contributed by atoms with Crippen molar-refractivity contribution >= 4 is 17.3 Å². The van der Waals surface area contributed by atoms with Crippen LogP contribution in [0.2, 0.25) is 0 Å². The average Bonchev–Trinajstić information content (AvgIpc) is 3.31. The number of morpholine rings is 1. The third-order valence-electron chi connectivity index (χ3n) is 6.46. The molecule has 3 heterocycles. The van der Waals surface area contributed by atoms with E-state index >= 15 is 0 Å². The summed E-state index contributed by atoms with van der Waals surface area (Å²) in [4.78, 5) is 2.37. The maximum atomic E-state index is 5.48. The van der Waals surface area contributed by atoms with Crippen molar-refractivity contribution in [2.24, 2.45) is 0 Å². The zero-order valence-corrected chi connectivity index (χ0v) is 17.4. The number of fused-ring (bicyclic) bond motifs is 3. The first kappa shape index (κ1) is 18.4. The molecule has 3 aliphatic rings. The number of methoxy groups -OCH3 is 1. The van der Waals surface area contributed by atoms with Crippen LogP contribution in [0.3, 0.4) is 0 Å². The van der Waals surface area contributed by atoms with Crippen LogP contribution in [0.1, 0.15) is 29.2 Å². The summed E-state index contributed by atoms with van der Waals surface area (Å²) < 4.78 is 12.8. The lowest BCUT2D eigenvalue weighted by Gasteiger charge is -2.34. The number of hydrogen-bond donors (Lipinski definition) is 1. The van der Waals surface area contributed by atoms with Gasteiger partial charge in [-0.1, -0.05) is 17.2 Å². The number of benzene rings is 2. The van der Waals surface area contributed by atoms with Crippen LogP contribution in [0.15, 0.2) is 48.0 Å². The summed E-state index contributed by atoms with van der Waals surface area (Å²) in [5.41, 5.74) is 7.34. The minimum atomic E-state index is -0.0183. The minimum absolute atomic E-state index is 0.0183. The van der Waals surface area contributed by atoms with Crippen molar-refractivity contribution < 1.29 is 9.47 Å². The number of nitrogens with zero attached hydrogens (tertiary/aromatic N) is 5. The minimum Gasteiger partial charge on any atom is -0.497 e. The molecule has 1 fully saturated rings. The van der Waals surface area contributed by atoms with E-state index in [0.717, 1.165) is 50.6 Å². The monoisotopic (exact) mass is 416 g/mol. The van der Waals surface area contributed by atoms with Crippen LogP contribution < -0.4 is 15.0 Å². The van der Waals surface area contributed by atoms with Gasteiger partial charge in [0.2, 0.25) is 5.95 Å². The smallest absolute Gasteiger partial charge is 0.248 e. The van der Waals surface area contributed by atoms with Gasteiger partial charge in [-0.2, -0.15) is 4.68 Å². The Kier molecular flexibility index (Phi) is 4.38. The van der Waals surface area contributed by atoms with Crippen LogP contribution in [-0.4, -0.2) is 53.6 Å². The second-order valence-corrected chi connectivity index (χ2v) is 8.09. The molecule has 0 spiro atoms. The van der Waals surface area contributed by atoms with Crippen LogP contribution in [-0.2, 0) is 11.2 Å². The molecule has 8 heteroatoms. The number of allylic oxidation sites excluding steroid dienone is 1. The van der Waals surface area contributed by atoms with Crippen LogP contribution in [0.4, 0.5) is 11.6 Å². The average molecular weight is 416 g/mol. The Balaban J connectivity index is 1.41. The number of hydrogen-bond acceptors (Lipinski definition) is 7. The number of tetrazole rings is 1. The van der Waals surface area contributed by atoms with E-state index in [9.17, 15) is 0 Å². The van der Waals surface area contributed by atoms with E-state index < -0.39 is 0 Å². The largest absolute Gasteiger partial charge is 0.497 e. The number of nitrogens with one attached hydrogen (secondary N) is 1. The van der Waals surface area contributed by atoms with E-state index in [1.807, 2.05) is 10.7 Å². The number of aryl methyl sites for hydroxylation is 1. The summed E-state index contributed by atoms with van der Waals surface area (Å²) >= 11 is 0. The molecule has 2 aromatic carbocycles. The summed E-state index contributed by atoms with van der Waals surface area (Å²) in [5.74, 6) is 1.56. The second-order valence-electron chi connectivity index (χ2n) is 8.09. The zero-order chi connectivity index (χ0) is 20.8. The first-order valence-corrected chi connectivity index (χ1v) is 10.7. The fraction of sp³-hybridized carbons (Fsp3) is 0.348. The fourth-order valence-corrected chi connectivity index (χ4v) is 4.88. The first-order valence-electron chi connectivity index (χ1n) is 10.7. The standard InChI is InChI=1S/C23H24N6O2/c1-30-18-7-9-19-16(14-18)4-8-20-21(19)24-23-25-26-27-29(23)22(20)15-2-5-17(6-3-15)28-10-12-31-13-11-28/h2-3,5-7,9,14,22H,4,8,10-13H2,1H3,(H,24,25,27). The van der Waals surface area contributed by atoms with Crippen molar-refractivity contribution in [2.75, 3.05) is 43.6 Å². The van der Waals surface area contributed by atoms with Crippen molar-refractivity contribution in [3.8, 4) is 5.75 Å². The van der Waals surface area contributed by atoms with E-state index in [2.05, 4.69) is 62.1 Å². The zero-order valence-electron chi connectivity index (χ0n) is 17.4. The van der Waals surface area contributed by atoms with Gasteiger partial charge >= 0.3 is 0 Å². The maximum absolute atomic E-state index is 5.48. The number of ether oxygens (including phenoxy) is 2. The highest BCUT2D eigenvalue weighted by molar-refractivity contribution is 5.83. The van der Waals surface area contributed by atoms with Gasteiger partial charge in [-0.3, -0.25) is 0 Å². The lowest BCUT2D eigenvalue weighted by Crippen LogP contribution is -2.36. The quantitative estimate of drug-likeness (QED) is 0.703. The van der Waals surface area contributed by atoms with Crippen molar-refractivity contribution in [1.29, 1.82) is 0 Å². The van der Waals surface area contributed by atoms with Crippen molar-refractivity contribution in [3.63, 3.8) is 0 Å². The molecule has 0 radical (unpaired) electrons. The van der Waals surface area contributed by atoms with Crippen LogP contribution in [0.5, 0.6) is 5.75 Å². The fourth-order valence-electron chi connectivity index (χ4n) is 4.88. The Bertz CT molecular complexity index is 1150. The first-order chi connectivity index (χ1) is 15.3. The molecule has 1 saturated heterocycles. The highest BCUT2D eigenvalue weighted by atomic mass is 16.5. The van der Waals surface area contributed by atoms with Gasteiger partial charge in [0, 0.05) is 24.3 Å². The molecule has 2 aliphatic heterocycles. The van der Waals surface area contributed by atoms with Crippen LogP contribution in [0.25, 0.3) is 5.70 Å². The molecular weight excluding hydrogens is 392 g/mol. The van der Waals surface area contributed by atoms with Gasteiger partial charge in [0.25, 0.3) is 0 Å². The lowest BCUT2D eigenvalue weighted by molar-refractivity contribution is 0.122. The Hall–Kier alpha value is -3.39. The normalized spacial score (nSPS) is 19.9. The Labute approximate surface area is 180 Å². The van der Waals surface area contributed by atoms with E-state index in [1.165, 1.54) is 28.0 Å². The maximum Gasteiger partial charge on any atom is 0.248 e. The van der Waals surface area contributed by atoms with E-state index in [0.29, 0.717) is 5.95 Å². The molecule has 1 N–H and O–H groups in total. The lowest BCUT2D eigenvalue weighted by atomic mass is 9.83. The topological polar surface area (TPSA) is 77.3 Å². The SMILES string of the molecule is COc1ccc2c(c1)CCC1=C2Nc2nnnn2C1c1ccc(N2CCOCC2)cc1. The van der Waals surface area contributed by atoms with Gasteiger partial charge in [0.05, 0.1) is 26.0 Å². The summed E-state index contributed by atoms with van der Waals surface area (Å²) in [6.45, 7) is 3.42. The third-order valence-corrected chi connectivity index (χ3v) is 6.46. The van der Waals surface area contributed by atoms with Gasteiger partial charge in [0.15, 0.2) is 0 Å². The molecule has 3 aromatic rings. The van der Waals surface area contributed by atoms with Gasteiger partial charge in [-0.15, -0.1) is 0 Å². The summed E-state index contributed by atoms with van der Waals surface area (Å²) in [5, 5.41) is 16.0. The van der Waals surface area contributed by atoms with Crippen LogP contribution >= 0.6 is 0 Å². The molecule has 31 heavy (non-hydrogen) atoms. The van der Waals surface area contributed by atoms with Crippen molar-refractivity contribution in [3.05, 3.63) is 64.7 Å². The Morgan fingerprint density at radius 1 is 1.06 bits per heavy atom. The molecule has 6 rings (SSSR count). The van der Waals surface area contributed by atoms with Gasteiger partial charge < -0.3 is 19.7 Å².